The summed E-state index contributed by atoms with van der Waals surface area (Å²) in [5, 5.41) is 21.8. The van der Waals surface area contributed by atoms with Crippen LogP contribution in [0.2, 0.25) is 0 Å². The van der Waals surface area contributed by atoms with Crippen molar-refractivity contribution in [2.75, 3.05) is 6.61 Å². The molecule has 1 saturated heterocycles. The maximum Gasteiger partial charge on any atom is 0.331 e. The lowest BCUT2D eigenvalue weighted by Gasteiger charge is -2.64. The Morgan fingerprint density at radius 2 is 1.82 bits per heavy atom. The summed E-state index contributed by atoms with van der Waals surface area (Å²) < 4.78 is 11.8. The summed E-state index contributed by atoms with van der Waals surface area (Å²) in [7, 11) is 0. The van der Waals surface area contributed by atoms with Gasteiger partial charge < -0.3 is 19.7 Å². The Labute approximate surface area is 166 Å². The molecular weight excluding hydrogens is 356 g/mol. The van der Waals surface area contributed by atoms with E-state index in [1.807, 2.05) is 0 Å². The fourth-order valence-corrected chi connectivity index (χ4v) is 8.81. The van der Waals surface area contributed by atoms with E-state index in [-0.39, 0.29) is 34.6 Å². The van der Waals surface area contributed by atoms with Gasteiger partial charge in [0.05, 0.1) is 17.8 Å². The topological polar surface area (TPSA) is 79.3 Å². The quantitative estimate of drug-likeness (QED) is 0.533. The van der Waals surface area contributed by atoms with Crippen molar-refractivity contribution in [3.8, 4) is 0 Å². The minimum Gasteiger partial charge on any atom is -0.458 e. The van der Waals surface area contributed by atoms with Crippen molar-refractivity contribution in [2.24, 2.45) is 28.6 Å². The highest BCUT2D eigenvalue weighted by Gasteiger charge is 2.81. The SMILES string of the molecule is CC12CCC(O)CC1(O)CCC1C2CCC2(C)C(C3=CC(=O)OC3)CC3OC312. The molecule has 28 heavy (non-hydrogen) atoms. The minimum absolute atomic E-state index is 0.0542. The van der Waals surface area contributed by atoms with Gasteiger partial charge in [0, 0.05) is 17.9 Å². The van der Waals surface area contributed by atoms with E-state index < -0.39 is 5.60 Å². The van der Waals surface area contributed by atoms with Gasteiger partial charge in [-0.2, -0.15) is 0 Å². The van der Waals surface area contributed by atoms with Crippen molar-refractivity contribution < 1.29 is 24.5 Å². The first-order valence-electron chi connectivity index (χ1n) is 11.2. The van der Waals surface area contributed by atoms with E-state index in [0.29, 0.717) is 30.8 Å². The zero-order valence-electron chi connectivity index (χ0n) is 16.9. The van der Waals surface area contributed by atoms with Gasteiger partial charge in [-0.1, -0.05) is 13.8 Å². The third-order valence-corrected chi connectivity index (χ3v) is 10.3. The third-order valence-electron chi connectivity index (χ3n) is 10.3. The maximum atomic E-state index is 11.7. The Kier molecular flexibility index (Phi) is 3.34. The lowest BCUT2D eigenvalue weighted by molar-refractivity contribution is -0.224. The summed E-state index contributed by atoms with van der Waals surface area (Å²) in [4.78, 5) is 11.7. The van der Waals surface area contributed by atoms with Crippen LogP contribution in [0.5, 0.6) is 0 Å². The molecule has 154 valence electrons. The average Bonchev–Trinajstić information content (AvgIpc) is 3.09. The van der Waals surface area contributed by atoms with Gasteiger partial charge in [-0.25, -0.2) is 4.79 Å². The molecule has 0 aromatic heterocycles. The predicted molar refractivity (Wildman–Crippen MR) is 101 cm³/mol. The fourth-order valence-electron chi connectivity index (χ4n) is 8.81. The highest BCUT2D eigenvalue weighted by atomic mass is 16.6. The number of hydrogen-bond donors (Lipinski definition) is 2. The molecule has 0 aromatic carbocycles. The molecule has 6 aliphatic rings. The van der Waals surface area contributed by atoms with Crippen molar-refractivity contribution in [1.82, 2.24) is 0 Å². The number of carbonyl (C=O) groups is 1. The Morgan fingerprint density at radius 1 is 1.07 bits per heavy atom. The van der Waals surface area contributed by atoms with Crippen molar-refractivity contribution >= 4 is 5.97 Å². The average molecular weight is 389 g/mol. The highest BCUT2D eigenvalue weighted by molar-refractivity contribution is 5.85. The van der Waals surface area contributed by atoms with Crippen LogP contribution in [-0.4, -0.2) is 46.2 Å². The van der Waals surface area contributed by atoms with E-state index in [9.17, 15) is 15.0 Å². The van der Waals surface area contributed by atoms with Crippen LogP contribution in [0.3, 0.4) is 0 Å². The Hall–Kier alpha value is -0.910. The molecule has 2 aliphatic heterocycles. The summed E-state index contributed by atoms with van der Waals surface area (Å²) in [6.07, 6.45) is 8.81. The normalized spacial score (nSPS) is 59.5. The number of aliphatic hydroxyl groups is 2. The molecule has 6 rings (SSSR count). The van der Waals surface area contributed by atoms with E-state index >= 15 is 0 Å². The molecule has 0 bridgehead atoms. The number of cyclic esters (lactones) is 1. The summed E-state index contributed by atoms with van der Waals surface area (Å²) in [5.41, 5.74) is 0.255. The first-order valence-corrected chi connectivity index (χ1v) is 11.2. The van der Waals surface area contributed by atoms with Crippen LogP contribution in [0.25, 0.3) is 0 Å². The summed E-state index contributed by atoms with van der Waals surface area (Å²) >= 11 is 0. The van der Waals surface area contributed by atoms with Gasteiger partial charge in [0.1, 0.15) is 12.2 Å². The monoisotopic (exact) mass is 388 g/mol. The first-order chi connectivity index (χ1) is 13.2. The Bertz CT molecular complexity index is 777. The van der Waals surface area contributed by atoms with Gasteiger partial charge in [0.2, 0.25) is 0 Å². The standard InChI is InChI=1S/C23H32O5/c1-20-6-3-14(24)11-22(20,26)8-5-16-15(20)4-7-21(2)17(10-18-23(16,21)28-18)13-9-19(25)27-12-13/h9,14-18,24,26H,3-8,10-12H2,1-2H3. The van der Waals surface area contributed by atoms with Crippen molar-refractivity contribution in [1.29, 1.82) is 0 Å². The highest BCUT2D eigenvalue weighted by Crippen LogP contribution is 2.77. The number of hydrogen-bond acceptors (Lipinski definition) is 5. The van der Waals surface area contributed by atoms with Crippen LogP contribution in [0.4, 0.5) is 0 Å². The number of fused-ring (bicyclic) bond motifs is 3. The van der Waals surface area contributed by atoms with Crippen LogP contribution in [-0.2, 0) is 14.3 Å². The smallest absolute Gasteiger partial charge is 0.331 e. The molecule has 9 atom stereocenters. The zero-order chi connectivity index (χ0) is 19.5. The van der Waals surface area contributed by atoms with E-state index in [0.717, 1.165) is 44.9 Å². The third kappa shape index (κ3) is 1.88. The van der Waals surface area contributed by atoms with E-state index in [1.54, 1.807) is 6.08 Å². The molecule has 5 heteroatoms. The maximum absolute atomic E-state index is 11.7. The number of carbonyl (C=O) groups excluding carboxylic acids is 1. The van der Waals surface area contributed by atoms with Crippen LogP contribution < -0.4 is 0 Å². The number of rotatable bonds is 1. The van der Waals surface area contributed by atoms with Crippen molar-refractivity contribution in [2.45, 2.75) is 88.6 Å². The van der Waals surface area contributed by atoms with Crippen molar-refractivity contribution in [3.05, 3.63) is 11.6 Å². The molecule has 5 fully saturated rings. The van der Waals surface area contributed by atoms with Crippen LogP contribution in [0.1, 0.15) is 65.2 Å². The fraction of sp³-hybridized carbons (Fsp3) is 0.870. The summed E-state index contributed by atoms with van der Waals surface area (Å²) in [6.45, 7) is 5.12. The first kappa shape index (κ1) is 17.9. The second-order valence-corrected chi connectivity index (χ2v) is 11.1. The predicted octanol–water partition coefficient (Wildman–Crippen LogP) is 2.74. The number of ether oxygens (including phenoxy) is 2. The zero-order valence-corrected chi connectivity index (χ0v) is 16.9. The Balaban J connectivity index is 1.36. The van der Waals surface area contributed by atoms with E-state index in [1.165, 1.54) is 5.57 Å². The van der Waals surface area contributed by atoms with Gasteiger partial charge in [-0.15, -0.1) is 0 Å². The number of esters is 1. The van der Waals surface area contributed by atoms with Crippen molar-refractivity contribution in [3.63, 3.8) is 0 Å². The van der Waals surface area contributed by atoms with Crippen LogP contribution in [0.15, 0.2) is 11.6 Å². The molecule has 4 aliphatic carbocycles. The molecule has 0 aromatic rings. The molecule has 2 N–H and O–H groups in total. The second kappa shape index (κ2) is 5.22. The van der Waals surface area contributed by atoms with E-state index in [2.05, 4.69) is 13.8 Å². The second-order valence-electron chi connectivity index (χ2n) is 11.1. The lowest BCUT2D eigenvalue weighted by atomic mass is 9.42. The van der Waals surface area contributed by atoms with E-state index in [4.69, 9.17) is 9.47 Å². The van der Waals surface area contributed by atoms with Gasteiger partial charge >= 0.3 is 5.97 Å². The van der Waals surface area contributed by atoms with Crippen LogP contribution >= 0.6 is 0 Å². The van der Waals surface area contributed by atoms with Gasteiger partial charge in [-0.3, -0.25) is 0 Å². The molecule has 0 radical (unpaired) electrons. The van der Waals surface area contributed by atoms with Gasteiger partial charge in [0.15, 0.2) is 0 Å². The number of epoxide rings is 1. The summed E-state index contributed by atoms with van der Waals surface area (Å²) in [5.74, 6) is 1.10. The summed E-state index contributed by atoms with van der Waals surface area (Å²) in [6, 6.07) is 0. The largest absolute Gasteiger partial charge is 0.458 e. The minimum atomic E-state index is -0.743. The molecule has 4 saturated carbocycles. The number of aliphatic hydroxyl groups excluding tert-OH is 1. The molecule has 2 heterocycles. The van der Waals surface area contributed by atoms with Gasteiger partial charge in [-0.05, 0) is 73.7 Å². The molecule has 5 nitrogen and oxygen atoms in total. The van der Waals surface area contributed by atoms with Crippen LogP contribution in [0, 0.1) is 28.6 Å². The molecular formula is C23H32O5. The molecule has 9 unspecified atom stereocenters. The lowest BCUT2D eigenvalue weighted by Crippen LogP contribution is -2.65. The van der Waals surface area contributed by atoms with Gasteiger partial charge in [0.25, 0.3) is 0 Å². The molecule has 0 amide bonds. The molecule has 1 spiro atoms. The Morgan fingerprint density at radius 3 is 2.57 bits per heavy atom.